The van der Waals surface area contributed by atoms with E-state index >= 15 is 0 Å². The molecule has 7 rings (SSSR count). The van der Waals surface area contributed by atoms with Gasteiger partial charge in [0.1, 0.15) is 29.3 Å². The summed E-state index contributed by atoms with van der Waals surface area (Å²) in [6, 6.07) is 10.1. The van der Waals surface area contributed by atoms with Gasteiger partial charge in [0, 0.05) is 16.7 Å². The number of halogens is 1. The van der Waals surface area contributed by atoms with Crippen LogP contribution in [0.2, 0.25) is 5.02 Å². The van der Waals surface area contributed by atoms with E-state index in [2.05, 4.69) is 10.1 Å². The Kier molecular flexibility index (Phi) is 6.39. The van der Waals surface area contributed by atoms with Gasteiger partial charge in [-0.2, -0.15) is 0 Å². The number of allylic oxidation sites excluding steroid dienone is 2. The molecule has 4 N–H and O–H groups in total. The maximum Gasteiger partial charge on any atom is 0.260 e. The summed E-state index contributed by atoms with van der Waals surface area (Å²) in [4.78, 5) is 75.1. The molecule has 1 spiro atoms. The number of aromatic amines is 1. The van der Waals surface area contributed by atoms with Gasteiger partial charge >= 0.3 is 0 Å². The first-order valence-corrected chi connectivity index (χ1v) is 14.3. The molecule has 1 unspecified atom stereocenters. The number of H-pyrrole nitrogens is 1. The molecule has 46 heavy (non-hydrogen) atoms. The molecule has 4 aromatic rings. The minimum Gasteiger partial charge on any atom is -0.507 e. The molecule has 13 heteroatoms. The van der Waals surface area contributed by atoms with Gasteiger partial charge < -0.3 is 29.9 Å². The number of ketones is 4. The van der Waals surface area contributed by atoms with Crippen LogP contribution in [0.4, 0.5) is 0 Å². The number of nitrogens with one attached hydrogen (secondary N) is 1. The lowest BCUT2D eigenvalue weighted by Gasteiger charge is -2.22. The Bertz CT molecular complexity index is 2250. The van der Waals surface area contributed by atoms with Crippen molar-refractivity contribution >= 4 is 51.7 Å². The van der Waals surface area contributed by atoms with Gasteiger partial charge in [0.25, 0.3) is 5.56 Å². The predicted octanol–water partition coefficient (Wildman–Crippen LogP) is 4.02. The predicted molar refractivity (Wildman–Crippen MR) is 162 cm³/mol. The van der Waals surface area contributed by atoms with Crippen LogP contribution < -0.4 is 5.56 Å². The number of aromatic hydroxyl groups is 3. The highest BCUT2D eigenvalue weighted by atomic mass is 35.5. The molecule has 0 saturated carbocycles. The summed E-state index contributed by atoms with van der Waals surface area (Å²) in [7, 11) is 1.13. The lowest BCUT2D eigenvalue weighted by molar-refractivity contribution is 0.0790. The van der Waals surface area contributed by atoms with E-state index in [-0.39, 0.29) is 36.1 Å². The van der Waals surface area contributed by atoms with E-state index in [1.54, 1.807) is 30.3 Å². The average Bonchev–Trinajstić information content (AvgIpc) is 3.51. The number of pyridine rings is 1. The first kappa shape index (κ1) is 29.0. The third kappa shape index (κ3) is 3.86. The fourth-order valence-corrected chi connectivity index (χ4v) is 6.87. The number of phenols is 3. The van der Waals surface area contributed by atoms with E-state index in [1.807, 2.05) is 0 Å². The highest BCUT2D eigenvalue weighted by molar-refractivity contribution is 6.39. The van der Waals surface area contributed by atoms with Gasteiger partial charge in [-0.1, -0.05) is 35.0 Å². The third-order valence-electron chi connectivity index (χ3n) is 8.65. The first-order chi connectivity index (χ1) is 22.0. The summed E-state index contributed by atoms with van der Waals surface area (Å²) in [5, 5.41) is 38.3. The normalized spacial score (nSPS) is 18.3. The Morgan fingerprint density at radius 2 is 1.67 bits per heavy atom. The van der Waals surface area contributed by atoms with Crippen molar-refractivity contribution in [1.82, 2.24) is 4.98 Å². The Balaban J connectivity index is 1.30. The number of nitrogens with zero attached hydrogens (tertiary/aromatic N) is 1. The van der Waals surface area contributed by atoms with Gasteiger partial charge in [-0.15, -0.1) is 0 Å². The fourth-order valence-electron chi connectivity index (χ4n) is 6.66. The number of aryl methyl sites for hydroxylation is 1. The molecule has 12 nitrogen and oxygen atoms in total. The molecule has 0 bridgehead atoms. The molecule has 3 aromatic carbocycles. The van der Waals surface area contributed by atoms with Gasteiger partial charge in [0.2, 0.25) is 5.78 Å². The molecule has 1 aromatic heterocycles. The first-order valence-electron chi connectivity index (χ1n) is 13.9. The zero-order valence-corrected chi connectivity index (χ0v) is 24.5. The van der Waals surface area contributed by atoms with Crippen LogP contribution in [0.15, 0.2) is 58.2 Å². The van der Waals surface area contributed by atoms with Crippen LogP contribution in [-0.2, 0) is 28.0 Å². The number of benzene rings is 3. The van der Waals surface area contributed by atoms with Gasteiger partial charge in [-0.25, -0.2) is 0 Å². The maximum absolute atomic E-state index is 14.1. The molecule has 0 fully saturated rings. The Morgan fingerprint density at radius 3 is 2.37 bits per heavy atom. The number of hydrogen-bond donors (Lipinski definition) is 4. The summed E-state index contributed by atoms with van der Waals surface area (Å²) in [5.41, 5.74) is -4.20. The van der Waals surface area contributed by atoms with Crippen molar-refractivity contribution in [3.8, 4) is 17.2 Å². The number of fused-ring (bicyclic) bond motifs is 5. The van der Waals surface area contributed by atoms with E-state index in [4.69, 9.17) is 21.2 Å². The van der Waals surface area contributed by atoms with Crippen molar-refractivity contribution in [3.63, 3.8) is 0 Å². The van der Waals surface area contributed by atoms with Crippen LogP contribution in [-0.4, -0.2) is 56.8 Å². The number of aromatic nitrogens is 1. The molecule has 0 aliphatic heterocycles. The largest absolute Gasteiger partial charge is 0.507 e. The van der Waals surface area contributed by atoms with Crippen molar-refractivity contribution < 1.29 is 44.1 Å². The topological polar surface area (TPSA) is 193 Å². The van der Waals surface area contributed by atoms with Crippen LogP contribution >= 0.6 is 11.6 Å². The monoisotopic (exact) mass is 640 g/mol. The molecular weight excluding hydrogens is 620 g/mol. The summed E-state index contributed by atoms with van der Waals surface area (Å²) < 4.78 is 4.92. The standard InChI is InChI=1S/C33H21ClN2O10/c1-45-19-10-18(37)21-22(26(19)38)28(40)24-23(27(21)39)30(42)33(31(24)43)6-5-14-8-15-9-17(36-32(44)20(15)29(41)25(14)33)11-35-46-12-13-3-2-4-16(34)7-13/h2-4,7-11,39-41H,5-6,12H2,1H3,(H,36,44). The number of rotatable bonds is 5. The van der Waals surface area contributed by atoms with E-state index in [0.29, 0.717) is 16.0 Å². The number of phenolic OH excluding ortho intramolecular Hbond substituents is 3. The van der Waals surface area contributed by atoms with E-state index in [9.17, 15) is 39.3 Å². The minimum absolute atomic E-state index is 0.109. The van der Waals surface area contributed by atoms with E-state index < -0.39 is 79.4 Å². The number of carbonyl (C=O) groups excluding carboxylic acids is 4. The van der Waals surface area contributed by atoms with Crippen molar-refractivity contribution in [2.75, 3.05) is 7.11 Å². The summed E-state index contributed by atoms with van der Waals surface area (Å²) in [6.07, 6.45) is 2.03. The summed E-state index contributed by atoms with van der Waals surface area (Å²) in [5.74, 6) is -6.77. The SMILES string of the molecule is COC1=CC(=O)c2c(O)c3c(c(O)c2C1=O)C(=O)C1(CCc2cc4cc(C=NOCc5cccc(Cl)c5)[nH]c(=O)c4c(O)c21)C3=O. The van der Waals surface area contributed by atoms with Gasteiger partial charge in [0.15, 0.2) is 23.1 Å². The molecule has 0 radical (unpaired) electrons. The van der Waals surface area contributed by atoms with E-state index in [1.165, 1.54) is 12.3 Å². The molecule has 1 atom stereocenters. The maximum atomic E-state index is 14.1. The molecule has 1 heterocycles. The fraction of sp³-hybridized carbons (Fsp3) is 0.152. The molecule has 230 valence electrons. The smallest absolute Gasteiger partial charge is 0.260 e. The van der Waals surface area contributed by atoms with Crippen molar-refractivity contribution in [2.24, 2.45) is 5.16 Å². The second-order valence-corrected chi connectivity index (χ2v) is 11.5. The van der Waals surface area contributed by atoms with E-state index in [0.717, 1.165) is 18.7 Å². The van der Waals surface area contributed by atoms with Gasteiger partial charge in [-0.05, 0) is 47.6 Å². The molecule has 3 aliphatic carbocycles. The number of oxime groups is 1. The highest BCUT2D eigenvalue weighted by Gasteiger charge is 2.61. The van der Waals surface area contributed by atoms with Crippen LogP contribution in [0.1, 0.15) is 70.2 Å². The minimum atomic E-state index is -2.13. The number of methoxy groups -OCH3 is 1. The van der Waals surface area contributed by atoms with Crippen molar-refractivity contribution in [1.29, 1.82) is 0 Å². The molecule has 3 aliphatic rings. The Labute approximate surface area is 263 Å². The summed E-state index contributed by atoms with van der Waals surface area (Å²) in [6.45, 7) is 0.121. The number of Topliss-reactive ketones (excluding diaryl/α,β-unsaturated/α-hetero) is 3. The highest BCUT2D eigenvalue weighted by Crippen LogP contribution is 2.57. The number of ether oxygens (including phenoxy) is 1. The van der Waals surface area contributed by atoms with Crippen LogP contribution in [0.3, 0.4) is 0 Å². The lowest BCUT2D eigenvalue weighted by atomic mass is 9.76. The van der Waals surface area contributed by atoms with Gasteiger partial charge in [-0.3, -0.25) is 24.0 Å². The molecular formula is C33H21ClN2O10. The summed E-state index contributed by atoms with van der Waals surface area (Å²) >= 11 is 5.98. The molecule has 0 amide bonds. The van der Waals surface area contributed by atoms with Crippen molar-refractivity contribution in [3.05, 3.63) is 108 Å². The second kappa shape index (κ2) is 10.1. The zero-order valence-electron chi connectivity index (χ0n) is 23.8. The van der Waals surface area contributed by atoms with Crippen LogP contribution in [0.25, 0.3) is 10.8 Å². The number of carbonyl (C=O) groups is 4. The van der Waals surface area contributed by atoms with Crippen molar-refractivity contribution in [2.45, 2.75) is 24.9 Å². The Morgan fingerprint density at radius 1 is 0.957 bits per heavy atom. The lowest BCUT2D eigenvalue weighted by Crippen LogP contribution is -2.36. The number of hydrogen-bond acceptors (Lipinski definition) is 11. The van der Waals surface area contributed by atoms with Crippen LogP contribution in [0, 0.1) is 0 Å². The Hall–Kier alpha value is -5.75. The average molecular weight is 641 g/mol. The zero-order chi connectivity index (χ0) is 32.7. The third-order valence-corrected chi connectivity index (χ3v) is 8.88. The van der Waals surface area contributed by atoms with Crippen LogP contribution in [0.5, 0.6) is 17.2 Å². The van der Waals surface area contributed by atoms with Gasteiger partial charge in [0.05, 0.1) is 46.7 Å². The quantitative estimate of drug-likeness (QED) is 0.107. The molecule has 0 saturated heterocycles. The second-order valence-electron chi connectivity index (χ2n) is 11.1.